The van der Waals surface area contributed by atoms with Crippen molar-refractivity contribution in [1.29, 1.82) is 0 Å². The van der Waals surface area contributed by atoms with E-state index in [0.717, 1.165) is 43.1 Å². The van der Waals surface area contributed by atoms with Crippen LogP contribution in [0.1, 0.15) is 0 Å². The lowest BCUT2D eigenvalue weighted by molar-refractivity contribution is 0.589. The first-order valence-electron chi connectivity index (χ1n) is 7.50. The molecule has 0 bridgehead atoms. The molecule has 1 aromatic carbocycles. The number of nitrogens with zero attached hydrogens (tertiary/aromatic N) is 3. The van der Waals surface area contributed by atoms with Crippen LogP contribution in [0.3, 0.4) is 0 Å². The number of aromatic nitrogens is 2. The fourth-order valence-electron chi connectivity index (χ4n) is 2.88. The molecule has 2 aromatic heterocycles. The SMILES string of the molecule is Fc1cccc(-c2cn3ccc(N4CCNCC4)cc3n2)c1. The summed E-state index contributed by atoms with van der Waals surface area (Å²) in [6, 6.07) is 10.7. The molecule has 1 fully saturated rings. The monoisotopic (exact) mass is 296 g/mol. The summed E-state index contributed by atoms with van der Waals surface area (Å²) in [7, 11) is 0. The molecule has 3 aromatic rings. The number of nitrogens with one attached hydrogen (secondary N) is 1. The van der Waals surface area contributed by atoms with E-state index in [1.165, 1.54) is 17.8 Å². The van der Waals surface area contributed by atoms with E-state index in [-0.39, 0.29) is 5.82 Å². The largest absolute Gasteiger partial charge is 0.369 e. The van der Waals surface area contributed by atoms with Crippen LogP contribution in [0.15, 0.2) is 48.8 Å². The second-order valence-electron chi connectivity index (χ2n) is 5.52. The molecule has 112 valence electrons. The lowest BCUT2D eigenvalue weighted by Crippen LogP contribution is -2.43. The molecule has 0 unspecified atom stereocenters. The molecule has 3 heterocycles. The second-order valence-corrected chi connectivity index (χ2v) is 5.52. The molecule has 1 aliphatic heterocycles. The summed E-state index contributed by atoms with van der Waals surface area (Å²) >= 11 is 0. The van der Waals surface area contributed by atoms with Gasteiger partial charge in [0.15, 0.2) is 0 Å². The number of benzene rings is 1. The van der Waals surface area contributed by atoms with Crippen molar-refractivity contribution in [3.8, 4) is 11.3 Å². The van der Waals surface area contributed by atoms with E-state index in [2.05, 4.69) is 27.3 Å². The zero-order valence-corrected chi connectivity index (χ0v) is 12.2. The van der Waals surface area contributed by atoms with Crippen LogP contribution in [0.4, 0.5) is 10.1 Å². The highest BCUT2D eigenvalue weighted by Gasteiger charge is 2.12. The molecule has 0 aliphatic carbocycles. The molecule has 1 N–H and O–H groups in total. The van der Waals surface area contributed by atoms with Gasteiger partial charge in [-0.2, -0.15) is 0 Å². The maximum absolute atomic E-state index is 13.4. The van der Waals surface area contributed by atoms with Crippen LogP contribution in [0.25, 0.3) is 16.9 Å². The summed E-state index contributed by atoms with van der Waals surface area (Å²) in [6.07, 6.45) is 3.95. The number of hydrogen-bond donors (Lipinski definition) is 1. The van der Waals surface area contributed by atoms with Crippen LogP contribution in [0, 0.1) is 5.82 Å². The molecule has 4 nitrogen and oxygen atoms in total. The van der Waals surface area contributed by atoms with E-state index in [9.17, 15) is 4.39 Å². The first-order chi connectivity index (χ1) is 10.8. The number of pyridine rings is 1. The van der Waals surface area contributed by atoms with Gasteiger partial charge in [-0.15, -0.1) is 0 Å². The third-order valence-electron chi connectivity index (χ3n) is 4.05. The average Bonchev–Trinajstić information content (AvgIpc) is 2.99. The molecule has 0 spiro atoms. The Morgan fingerprint density at radius 2 is 1.95 bits per heavy atom. The van der Waals surface area contributed by atoms with Crippen molar-refractivity contribution in [3.63, 3.8) is 0 Å². The number of halogens is 1. The highest BCUT2D eigenvalue weighted by molar-refractivity contribution is 5.65. The molecule has 0 saturated carbocycles. The molecule has 4 rings (SSSR count). The van der Waals surface area contributed by atoms with Crippen molar-refractivity contribution in [2.75, 3.05) is 31.1 Å². The first-order valence-corrected chi connectivity index (χ1v) is 7.50. The highest BCUT2D eigenvalue weighted by atomic mass is 19.1. The third kappa shape index (κ3) is 2.44. The summed E-state index contributed by atoms with van der Waals surface area (Å²) in [5, 5.41) is 3.35. The maximum atomic E-state index is 13.4. The Balaban J connectivity index is 1.71. The predicted octanol–water partition coefficient (Wildman–Crippen LogP) is 2.55. The summed E-state index contributed by atoms with van der Waals surface area (Å²) in [6.45, 7) is 4.03. The van der Waals surface area contributed by atoms with Crippen molar-refractivity contribution in [3.05, 3.63) is 54.6 Å². The summed E-state index contributed by atoms with van der Waals surface area (Å²) < 4.78 is 15.3. The Bertz CT molecular complexity index is 805. The van der Waals surface area contributed by atoms with Crippen molar-refractivity contribution < 1.29 is 4.39 Å². The average molecular weight is 296 g/mol. The predicted molar refractivity (Wildman–Crippen MR) is 85.7 cm³/mol. The normalized spacial score (nSPS) is 15.4. The molecule has 0 amide bonds. The summed E-state index contributed by atoms with van der Waals surface area (Å²) in [4.78, 5) is 6.99. The van der Waals surface area contributed by atoms with Crippen molar-refractivity contribution >= 4 is 11.3 Å². The smallest absolute Gasteiger partial charge is 0.139 e. The van der Waals surface area contributed by atoms with Crippen LogP contribution in [0.2, 0.25) is 0 Å². The molecular weight excluding hydrogens is 279 g/mol. The minimum atomic E-state index is -0.240. The molecule has 1 saturated heterocycles. The van der Waals surface area contributed by atoms with Crippen molar-refractivity contribution in [2.24, 2.45) is 0 Å². The molecule has 22 heavy (non-hydrogen) atoms. The molecular formula is C17H17FN4. The van der Waals surface area contributed by atoms with Gasteiger partial charge in [0.1, 0.15) is 11.5 Å². The number of piperazine rings is 1. The first kappa shape index (κ1) is 13.3. The molecule has 1 aliphatic rings. The van der Waals surface area contributed by atoms with Gasteiger partial charge in [0.2, 0.25) is 0 Å². The number of rotatable bonds is 2. The van der Waals surface area contributed by atoms with Crippen molar-refractivity contribution in [2.45, 2.75) is 0 Å². The van der Waals surface area contributed by atoms with Crippen LogP contribution in [0.5, 0.6) is 0 Å². The van der Waals surface area contributed by atoms with Crippen LogP contribution >= 0.6 is 0 Å². The van der Waals surface area contributed by atoms with Gasteiger partial charge in [-0.1, -0.05) is 12.1 Å². The van der Waals surface area contributed by atoms with Crippen LogP contribution < -0.4 is 10.2 Å². The van der Waals surface area contributed by atoms with Crippen LogP contribution in [-0.4, -0.2) is 35.6 Å². The Kier molecular flexibility index (Phi) is 3.27. The van der Waals surface area contributed by atoms with Gasteiger partial charge in [-0.3, -0.25) is 0 Å². The number of fused-ring (bicyclic) bond motifs is 1. The number of hydrogen-bond acceptors (Lipinski definition) is 3. The second kappa shape index (κ2) is 5.42. The number of anilines is 1. The van der Waals surface area contributed by atoms with Gasteiger partial charge in [0, 0.05) is 55.9 Å². The topological polar surface area (TPSA) is 32.6 Å². The van der Waals surface area contributed by atoms with Gasteiger partial charge in [0.25, 0.3) is 0 Å². The van der Waals surface area contributed by atoms with E-state index < -0.39 is 0 Å². The lowest BCUT2D eigenvalue weighted by Gasteiger charge is -2.29. The van der Waals surface area contributed by atoms with Gasteiger partial charge in [0.05, 0.1) is 5.69 Å². The third-order valence-corrected chi connectivity index (χ3v) is 4.05. The van der Waals surface area contributed by atoms with Crippen molar-refractivity contribution in [1.82, 2.24) is 14.7 Å². The van der Waals surface area contributed by atoms with Gasteiger partial charge >= 0.3 is 0 Å². The summed E-state index contributed by atoms with van der Waals surface area (Å²) in [5.74, 6) is -0.240. The summed E-state index contributed by atoms with van der Waals surface area (Å²) in [5.41, 5.74) is 3.66. The van der Waals surface area contributed by atoms with E-state index in [1.807, 2.05) is 22.9 Å². The maximum Gasteiger partial charge on any atom is 0.139 e. The Morgan fingerprint density at radius 1 is 1.09 bits per heavy atom. The minimum absolute atomic E-state index is 0.240. The molecule has 0 radical (unpaired) electrons. The van der Waals surface area contributed by atoms with E-state index in [4.69, 9.17) is 0 Å². The van der Waals surface area contributed by atoms with Gasteiger partial charge in [-0.05, 0) is 18.2 Å². The standard InChI is InChI=1S/C17H17FN4/c18-14-3-1-2-13(10-14)16-12-22-7-4-15(11-17(22)20-16)21-8-5-19-6-9-21/h1-4,7,10-12,19H,5-6,8-9H2. The fraction of sp³-hybridized carbons (Fsp3) is 0.235. The Morgan fingerprint density at radius 3 is 2.77 bits per heavy atom. The minimum Gasteiger partial charge on any atom is -0.369 e. The van der Waals surface area contributed by atoms with Crippen LogP contribution in [-0.2, 0) is 0 Å². The zero-order valence-electron chi connectivity index (χ0n) is 12.2. The Hall–Kier alpha value is -2.40. The highest BCUT2D eigenvalue weighted by Crippen LogP contribution is 2.23. The fourth-order valence-corrected chi connectivity index (χ4v) is 2.88. The Labute approximate surface area is 128 Å². The van der Waals surface area contributed by atoms with E-state index >= 15 is 0 Å². The van der Waals surface area contributed by atoms with E-state index in [1.54, 1.807) is 6.07 Å². The molecule has 5 heteroatoms. The van der Waals surface area contributed by atoms with Gasteiger partial charge in [-0.25, -0.2) is 9.37 Å². The lowest BCUT2D eigenvalue weighted by atomic mass is 10.2. The number of imidazole rings is 1. The molecule has 0 atom stereocenters. The quantitative estimate of drug-likeness (QED) is 0.789. The van der Waals surface area contributed by atoms with Gasteiger partial charge < -0.3 is 14.6 Å². The van der Waals surface area contributed by atoms with E-state index in [0.29, 0.717) is 0 Å². The zero-order chi connectivity index (χ0) is 14.9.